The van der Waals surface area contributed by atoms with E-state index >= 15 is 0 Å². The van der Waals surface area contributed by atoms with E-state index in [1.165, 1.54) is 238 Å². The van der Waals surface area contributed by atoms with Gasteiger partial charge in [0.15, 0.2) is 0 Å². The van der Waals surface area contributed by atoms with Crippen molar-refractivity contribution in [1.29, 1.82) is 0 Å². The molecule has 4 aromatic rings. The van der Waals surface area contributed by atoms with Gasteiger partial charge in [-0.05, 0) is 334 Å². The molecule has 0 aromatic heterocycles. The van der Waals surface area contributed by atoms with Crippen molar-refractivity contribution in [2.75, 3.05) is 32.7 Å². The number of hydrogen-bond donors (Lipinski definition) is 4. The first-order valence-corrected chi connectivity index (χ1v) is 39.5. The minimum Gasteiger partial charge on any atom is -0.366 e. The number of benzene rings is 4. The Morgan fingerprint density at radius 1 is 0.402 bits per heavy atom. The number of nitrogens with zero attached hydrogens (tertiary/aromatic N) is 4. The van der Waals surface area contributed by atoms with Gasteiger partial charge in [-0.3, -0.25) is 38.8 Å². The summed E-state index contributed by atoms with van der Waals surface area (Å²) in [5, 5.41) is 0. The molecule has 4 heterocycles. The number of rotatable bonds is 12. The van der Waals surface area contributed by atoms with Gasteiger partial charge in [-0.2, -0.15) is 0 Å². The Hall–Kier alpha value is -5.40. The van der Waals surface area contributed by atoms with Crippen LogP contribution in [0.15, 0.2) is 72.8 Å². The van der Waals surface area contributed by atoms with E-state index in [0.717, 1.165) is 84.9 Å². The summed E-state index contributed by atoms with van der Waals surface area (Å²) in [6, 6.07) is 30.1. The Morgan fingerprint density at radius 2 is 0.732 bits per heavy atom. The average molecular weight is 1310 g/mol. The zero-order valence-corrected chi connectivity index (χ0v) is 59.7. The van der Waals surface area contributed by atoms with E-state index in [4.69, 9.17) is 22.9 Å². The summed E-state index contributed by atoms with van der Waals surface area (Å²) >= 11 is 0. The number of amides is 4. The van der Waals surface area contributed by atoms with Crippen molar-refractivity contribution in [2.24, 2.45) is 70.3 Å². The monoisotopic (exact) mass is 1310 g/mol. The molecular weight excluding hydrogens is 1200 g/mol. The van der Waals surface area contributed by atoms with E-state index in [1.807, 2.05) is 24.3 Å². The summed E-state index contributed by atoms with van der Waals surface area (Å²) < 4.78 is 0. The second-order valence-electron chi connectivity index (χ2n) is 35.1. The third kappa shape index (κ3) is 11.7. The summed E-state index contributed by atoms with van der Waals surface area (Å²) in [5.74, 6) is 5.55. The van der Waals surface area contributed by atoms with Crippen molar-refractivity contribution in [3.63, 3.8) is 0 Å². The summed E-state index contributed by atoms with van der Waals surface area (Å²) in [4.78, 5) is 58.2. The van der Waals surface area contributed by atoms with Crippen LogP contribution < -0.4 is 22.9 Å². The molecule has 15 atom stereocenters. The molecule has 19 rings (SSSR count). The highest BCUT2D eigenvalue weighted by Gasteiger charge is 2.59. The summed E-state index contributed by atoms with van der Waals surface area (Å²) in [7, 11) is 0. The number of piperidine rings is 4. The predicted molar refractivity (Wildman–Crippen MR) is 387 cm³/mol. The first-order chi connectivity index (χ1) is 46.8. The fraction of sp³-hybridized carbons (Fsp3) is 0.671. The maximum Gasteiger partial charge on any atom is 0.248 e. The number of likely N-dealkylation sites (tertiary alicyclic amines) is 4. The Balaban J connectivity index is 0.000000101. The molecule has 3 unspecified atom stereocenters. The molecule has 4 aliphatic heterocycles. The van der Waals surface area contributed by atoms with E-state index in [1.54, 1.807) is 0 Å². The maximum atomic E-state index is 11.8. The second-order valence-corrected chi connectivity index (χ2v) is 35.1. The lowest BCUT2D eigenvalue weighted by Crippen LogP contribution is -2.63. The van der Waals surface area contributed by atoms with Crippen LogP contribution in [0.25, 0.3) is 0 Å². The van der Waals surface area contributed by atoms with Gasteiger partial charge in [0.05, 0.1) is 0 Å². The van der Waals surface area contributed by atoms with Gasteiger partial charge < -0.3 is 22.9 Å². The molecule has 7 saturated carbocycles. The normalized spacial score (nSPS) is 35.3. The average Bonchev–Trinajstić information content (AvgIpc) is 1.61. The quantitative estimate of drug-likeness (QED) is 0.108. The van der Waals surface area contributed by atoms with Crippen molar-refractivity contribution < 1.29 is 19.2 Å². The fourth-order valence-electron chi connectivity index (χ4n) is 24.3. The first kappa shape index (κ1) is 66.2. The number of hydrogen-bond acceptors (Lipinski definition) is 8. The summed E-state index contributed by atoms with van der Waals surface area (Å²) in [6.45, 7) is 18.4. The van der Waals surface area contributed by atoms with Gasteiger partial charge in [-0.15, -0.1) is 0 Å². The van der Waals surface area contributed by atoms with Crippen molar-refractivity contribution in [2.45, 2.75) is 278 Å². The van der Waals surface area contributed by atoms with Gasteiger partial charge in [0.25, 0.3) is 0 Å². The van der Waals surface area contributed by atoms with Crippen LogP contribution in [0.2, 0.25) is 0 Å². The molecule has 12 nitrogen and oxygen atoms in total. The van der Waals surface area contributed by atoms with Gasteiger partial charge >= 0.3 is 0 Å². The number of nitrogens with two attached hydrogens (primary N) is 4. The van der Waals surface area contributed by atoms with Crippen LogP contribution in [-0.2, 0) is 47.3 Å². The molecule has 0 spiro atoms. The van der Waals surface area contributed by atoms with Crippen LogP contribution in [-0.4, -0.2) is 118 Å². The summed E-state index contributed by atoms with van der Waals surface area (Å²) in [5.41, 5.74) is 37.8. The Kier molecular flexibility index (Phi) is 17.5. The summed E-state index contributed by atoms with van der Waals surface area (Å²) in [6.07, 6.45) is 37.2. The first-order valence-electron chi connectivity index (χ1n) is 39.5. The van der Waals surface area contributed by atoms with E-state index in [-0.39, 0.29) is 29.0 Å². The molecule has 4 saturated heterocycles. The van der Waals surface area contributed by atoms with Crippen LogP contribution in [0.5, 0.6) is 0 Å². The van der Waals surface area contributed by atoms with Gasteiger partial charge in [-0.25, -0.2) is 0 Å². The van der Waals surface area contributed by atoms with Crippen LogP contribution in [0.3, 0.4) is 0 Å². The van der Waals surface area contributed by atoms with Crippen molar-refractivity contribution in [3.8, 4) is 0 Å². The molecule has 97 heavy (non-hydrogen) atoms. The number of carbonyl (C=O) groups excluding carboxylic acids is 4. The lowest BCUT2D eigenvalue weighted by molar-refractivity contribution is -0.0343. The minimum absolute atomic E-state index is 0.170. The van der Waals surface area contributed by atoms with Crippen molar-refractivity contribution >= 4 is 23.6 Å². The molecule has 8 N–H and O–H groups in total. The molecule has 4 amide bonds. The lowest BCUT2D eigenvalue weighted by atomic mass is 9.52. The van der Waals surface area contributed by atoms with E-state index in [2.05, 4.69) is 103 Å². The molecule has 15 aliphatic rings. The molecule has 11 fully saturated rings. The predicted octanol–water partition coefficient (Wildman–Crippen LogP) is 13.6. The van der Waals surface area contributed by atoms with Crippen LogP contribution >= 0.6 is 0 Å². The Labute approximate surface area is 580 Å². The fourth-order valence-corrected chi connectivity index (χ4v) is 24.3. The third-order valence-electron chi connectivity index (χ3n) is 30.6. The largest absolute Gasteiger partial charge is 0.366 e. The van der Waals surface area contributed by atoms with Gasteiger partial charge in [0, 0.05) is 87.3 Å². The maximum absolute atomic E-state index is 11.8. The topological polar surface area (TPSA) is 185 Å². The molecule has 8 bridgehead atoms. The lowest BCUT2D eigenvalue weighted by Gasteiger charge is -2.60. The highest BCUT2D eigenvalue weighted by atomic mass is 16.2. The van der Waals surface area contributed by atoms with Gasteiger partial charge in [0.1, 0.15) is 0 Å². The van der Waals surface area contributed by atoms with Crippen LogP contribution in [0, 0.1) is 47.3 Å². The van der Waals surface area contributed by atoms with E-state index in [9.17, 15) is 19.2 Å². The Morgan fingerprint density at radius 3 is 1.11 bits per heavy atom. The van der Waals surface area contributed by atoms with Crippen molar-refractivity contribution in [1.82, 2.24) is 19.6 Å². The van der Waals surface area contributed by atoms with Crippen molar-refractivity contribution in [3.05, 3.63) is 140 Å². The number of primary amides is 4. The standard InChI is InChI=1S/2C22H30N2O.C21H28N2O.C20H28N2O/c2*1-14(15-5-6-15)24-11-10-22-9-3-2-4-18(22)20(24)13-16-7-8-17(21(23)25)12-19(16)22;22-20(24)16-7-6-15-12-19-17-3-1-2-8-21(17,18(15)11-16)9-10-23(19)13-14-4-5-14;1-12-18-11-15-6-7-16(19(21)23)10-17(15)20(12,3)8-9-22(18)13(2)14-4-5-14/h2*7-8,12,14-15,18,20H,2-6,9-11,13H2,1H3,(H2,23,25);6-7,11,14,17,19H,1-5,8-10,12-13H2,(H2,22,24);6-7,10,12-14,18H,4-5,8-9,11H2,1-3H3,(H2,21,23)/t14-,18?,20+,22+;14-,18?,20-,22-;17?,19-,21-;12-,13-,18+,20+/m0110/s1. The van der Waals surface area contributed by atoms with E-state index in [0.29, 0.717) is 62.5 Å². The van der Waals surface area contributed by atoms with Crippen LogP contribution in [0.1, 0.15) is 275 Å². The molecule has 11 aliphatic carbocycles. The SMILES string of the molecule is C[C@@H](C1CC1)N1CC[C@@]2(C)c3cc(C(N)=O)ccc3C[C@@H]1[C@@H]2C.C[C@@H](C1CC1)N1CC[C@]23CCCCC2[C@H]1Cc1ccc(C(N)=O)cc13.C[C@H](C1CC1)N1CC[C@]23CCCCC2[C@H]1Cc1ccc(C(N)=O)cc13.NC(=O)c1ccc2c(c1)[C@@]13CCCCC1[C@@H](C2)N(CC1CC1)CC3. The molecular formula is C85H116N8O4. The number of fused-ring (bicyclic) bond motifs is 7. The molecule has 12 heteroatoms. The molecule has 4 aromatic carbocycles. The Bertz CT molecular complexity index is 3580. The highest BCUT2D eigenvalue weighted by Crippen LogP contribution is 2.61. The van der Waals surface area contributed by atoms with Gasteiger partial charge in [0.2, 0.25) is 23.6 Å². The van der Waals surface area contributed by atoms with E-state index < -0.39 is 0 Å². The molecule has 0 radical (unpaired) electrons. The smallest absolute Gasteiger partial charge is 0.248 e. The molecule has 520 valence electrons. The zero-order valence-electron chi connectivity index (χ0n) is 59.7. The third-order valence-corrected chi connectivity index (χ3v) is 30.6. The zero-order chi connectivity index (χ0) is 67.0. The number of carbonyl (C=O) groups is 4. The highest BCUT2D eigenvalue weighted by molar-refractivity contribution is 5.95. The second kappa shape index (κ2) is 25.6. The minimum atomic E-state index is -0.314. The van der Waals surface area contributed by atoms with Crippen LogP contribution in [0.4, 0.5) is 0 Å². The van der Waals surface area contributed by atoms with Gasteiger partial charge in [-0.1, -0.05) is 76.6 Å².